The summed E-state index contributed by atoms with van der Waals surface area (Å²) in [5.41, 5.74) is -0.904. The van der Waals surface area contributed by atoms with Crippen molar-refractivity contribution in [2.24, 2.45) is 11.3 Å². The number of imide groups is 1. The Hall–Kier alpha value is -2.66. The number of halogens is 1. The topological polar surface area (TPSA) is 139 Å². The van der Waals surface area contributed by atoms with E-state index in [9.17, 15) is 27.6 Å². The zero-order chi connectivity index (χ0) is 35.2. The van der Waals surface area contributed by atoms with Gasteiger partial charge in [0.05, 0.1) is 22.2 Å². The number of carbonyl (C=O) groups is 4. The number of hydrogen-bond donors (Lipinski definition) is 2. The summed E-state index contributed by atoms with van der Waals surface area (Å²) in [6.07, 6.45) is 14.2. The number of rotatable bonds is 22. The van der Waals surface area contributed by atoms with Gasteiger partial charge in [-0.1, -0.05) is 137 Å². The Morgan fingerprint density at radius 2 is 1.40 bits per heavy atom. The normalized spacial score (nSPS) is 16.0. The zero-order valence-electron chi connectivity index (χ0n) is 29.2. The molecule has 2 N–H and O–H groups in total. The maximum atomic E-state index is 13.5. The highest BCUT2D eigenvalue weighted by molar-refractivity contribution is 7.92. The van der Waals surface area contributed by atoms with E-state index >= 15 is 0 Å². The van der Waals surface area contributed by atoms with Gasteiger partial charge in [-0.15, -0.1) is 0 Å². The Bertz CT molecular complexity index is 1310. The van der Waals surface area contributed by atoms with Crippen molar-refractivity contribution in [3.8, 4) is 0 Å². The first-order valence-corrected chi connectivity index (χ1v) is 19.3. The molecule has 0 aromatic heterocycles. The fourth-order valence-corrected chi connectivity index (χ4v) is 6.80. The van der Waals surface area contributed by atoms with Gasteiger partial charge in [0.15, 0.2) is 17.9 Å². The van der Waals surface area contributed by atoms with Crippen LogP contribution >= 0.6 is 11.6 Å². The molecule has 2 rings (SSSR count). The first-order chi connectivity index (χ1) is 22.1. The molecule has 12 heteroatoms. The Balaban J connectivity index is 1.91. The Kier molecular flexibility index (Phi) is 16.7. The minimum absolute atomic E-state index is 0.0143. The highest BCUT2D eigenvalue weighted by Gasteiger charge is 2.52. The molecule has 1 aliphatic rings. The van der Waals surface area contributed by atoms with Crippen LogP contribution < -0.4 is 10.0 Å². The van der Waals surface area contributed by atoms with E-state index in [1.807, 2.05) is 0 Å². The average molecular weight is 698 g/mol. The molecular weight excluding hydrogens is 642 g/mol. The number of unbranched alkanes of at least 4 members (excludes halogenated alkanes) is 13. The molecule has 3 amide bonds. The SMILES string of the molecule is CCCCCCCCCCCCCCCCS(=O)(=O)Nc1ccc(Cl)c(NC(=O)C(C(=O)C(C)(C)C)N2C(=O)OC(C(C)C)C2=O)c1. The van der Waals surface area contributed by atoms with Gasteiger partial charge in [-0.2, -0.15) is 0 Å². The van der Waals surface area contributed by atoms with Crippen LogP contribution in [0, 0.1) is 11.3 Å². The van der Waals surface area contributed by atoms with Crippen LogP contribution in [-0.2, 0) is 29.1 Å². The standard InChI is InChI=1S/C35H56ClN3O7S/c1-7-8-9-10-11-12-13-14-15-16-17-18-19-20-23-47(44,45)38-26-21-22-27(36)28(24-26)37-32(41)29(31(40)35(4,5)6)39-33(42)30(25(2)3)46-34(39)43/h21-22,24-25,29-30,38H,7-20,23H2,1-6H3,(H,37,41). The molecule has 266 valence electrons. The molecule has 1 aromatic carbocycles. The monoisotopic (exact) mass is 697 g/mol. The van der Waals surface area contributed by atoms with Gasteiger partial charge < -0.3 is 10.1 Å². The third-order valence-electron chi connectivity index (χ3n) is 8.27. The van der Waals surface area contributed by atoms with E-state index < -0.39 is 51.3 Å². The van der Waals surface area contributed by atoms with Crippen LogP contribution in [0.2, 0.25) is 5.02 Å². The molecule has 1 aromatic rings. The van der Waals surface area contributed by atoms with Crippen molar-refractivity contribution in [1.82, 2.24) is 4.90 Å². The molecule has 1 heterocycles. The number of Topliss-reactive ketones (excluding diaryl/α,β-unsaturated/α-hetero) is 1. The van der Waals surface area contributed by atoms with Crippen molar-refractivity contribution in [1.29, 1.82) is 0 Å². The molecule has 1 saturated heterocycles. The number of hydrogen-bond acceptors (Lipinski definition) is 7. The molecule has 0 bridgehead atoms. The number of ketones is 1. The first kappa shape index (κ1) is 40.5. The highest BCUT2D eigenvalue weighted by atomic mass is 35.5. The molecular formula is C35H56ClN3O7S. The first-order valence-electron chi connectivity index (χ1n) is 17.3. The number of cyclic esters (lactones) is 1. The maximum Gasteiger partial charge on any atom is 0.418 e. The van der Waals surface area contributed by atoms with Gasteiger partial charge in [-0.05, 0) is 30.5 Å². The Morgan fingerprint density at radius 3 is 1.87 bits per heavy atom. The van der Waals surface area contributed by atoms with Crippen LogP contribution in [0.1, 0.15) is 131 Å². The van der Waals surface area contributed by atoms with E-state index in [2.05, 4.69) is 17.0 Å². The second-order valence-corrected chi connectivity index (χ2v) is 16.2. The van der Waals surface area contributed by atoms with Crippen LogP contribution in [0.3, 0.4) is 0 Å². The van der Waals surface area contributed by atoms with Gasteiger partial charge in [-0.25, -0.2) is 18.1 Å². The van der Waals surface area contributed by atoms with Crippen LogP contribution in [0.4, 0.5) is 16.2 Å². The summed E-state index contributed by atoms with van der Waals surface area (Å²) in [4.78, 5) is 53.2. The van der Waals surface area contributed by atoms with Crippen LogP contribution in [0.5, 0.6) is 0 Å². The lowest BCUT2D eigenvalue weighted by Gasteiger charge is -2.28. The number of sulfonamides is 1. The third kappa shape index (κ3) is 13.4. The van der Waals surface area contributed by atoms with E-state index in [1.54, 1.807) is 34.6 Å². The minimum Gasteiger partial charge on any atom is -0.435 e. The molecule has 1 aliphatic heterocycles. The number of nitrogens with zero attached hydrogens (tertiary/aromatic N) is 1. The van der Waals surface area contributed by atoms with E-state index in [-0.39, 0.29) is 28.1 Å². The lowest BCUT2D eigenvalue weighted by atomic mass is 9.85. The minimum atomic E-state index is -3.67. The van der Waals surface area contributed by atoms with E-state index in [0.717, 1.165) is 19.3 Å². The molecule has 2 unspecified atom stereocenters. The van der Waals surface area contributed by atoms with Crippen molar-refractivity contribution in [3.05, 3.63) is 23.2 Å². The van der Waals surface area contributed by atoms with Crippen molar-refractivity contribution < 1.29 is 32.3 Å². The fourth-order valence-electron chi connectivity index (χ4n) is 5.46. The zero-order valence-corrected chi connectivity index (χ0v) is 30.7. The second-order valence-electron chi connectivity index (χ2n) is 14.0. The van der Waals surface area contributed by atoms with Gasteiger partial charge in [0.1, 0.15) is 0 Å². The van der Waals surface area contributed by atoms with E-state index in [1.165, 1.54) is 82.4 Å². The summed E-state index contributed by atoms with van der Waals surface area (Å²) in [6, 6.07) is 2.40. The summed E-state index contributed by atoms with van der Waals surface area (Å²) in [5.74, 6) is -2.84. The van der Waals surface area contributed by atoms with Gasteiger partial charge >= 0.3 is 6.09 Å². The number of carbonyl (C=O) groups excluding carboxylic acids is 4. The predicted molar refractivity (Wildman–Crippen MR) is 188 cm³/mol. The van der Waals surface area contributed by atoms with E-state index in [0.29, 0.717) is 11.3 Å². The van der Waals surface area contributed by atoms with Crippen LogP contribution in [0.25, 0.3) is 0 Å². The lowest BCUT2D eigenvalue weighted by molar-refractivity contribution is -0.144. The third-order valence-corrected chi connectivity index (χ3v) is 9.97. The van der Waals surface area contributed by atoms with Gasteiger partial charge in [0, 0.05) is 5.41 Å². The average Bonchev–Trinajstić information content (AvgIpc) is 3.28. The molecule has 47 heavy (non-hydrogen) atoms. The quantitative estimate of drug-likeness (QED) is 0.0915. The van der Waals surface area contributed by atoms with Crippen molar-refractivity contribution in [2.45, 2.75) is 144 Å². The molecule has 0 aliphatic carbocycles. The van der Waals surface area contributed by atoms with Crippen LogP contribution in [0.15, 0.2) is 18.2 Å². The Morgan fingerprint density at radius 1 is 0.894 bits per heavy atom. The van der Waals surface area contributed by atoms with Gasteiger partial charge in [0.25, 0.3) is 11.8 Å². The van der Waals surface area contributed by atoms with E-state index in [4.69, 9.17) is 16.3 Å². The summed E-state index contributed by atoms with van der Waals surface area (Å²) >= 11 is 6.32. The van der Waals surface area contributed by atoms with Gasteiger partial charge in [-0.3, -0.25) is 19.1 Å². The van der Waals surface area contributed by atoms with Crippen molar-refractivity contribution >= 4 is 56.7 Å². The van der Waals surface area contributed by atoms with Crippen molar-refractivity contribution in [3.63, 3.8) is 0 Å². The number of nitrogens with one attached hydrogen (secondary N) is 2. The number of amides is 3. The second kappa shape index (κ2) is 19.4. The highest BCUT2D eigenvalue weighted by Crippen LogP contribution is 2.30. The molecule has 0 saturated carbocycles. The summed E-state index contributed by atoms with van der Waals surface area (Å²) in [6.45, 7) is 10.3. The molecule has 0 spiro atoms. The lowest BCUT2D eigenvalue weighted by Crippen LogP contribution is -2.55. The number of anilines is 2. The van der Waals surface area contributed by atoms with Crippen molar-refractivity contribution in [2.75, 3.05) is 15.8 Å². The molecule has 10 nitrogen and oxygen atoms in total. The molecule has 0 radical (unpaired) electrons. The van der Waals surface area contributed by atoms with Gasteiger partial charge in [0.2, 0.25) is 10.0 Å². The smallest absolute Gasteiger partial charge is 0.418 e. The molecule has 1 fully saturated rings. The number of ether oxygens (including phenoxy) is 1. The summed E-state index contributed by atoms with van der Waals surface area (Å²) in [7, 11) is -3.67. The molecule has 2 atom stereocenters. The maximum absolute atomic E-state index is 13.5. The van der Waals surface area contributed by atoms with Crippen LogP contribution in [-0.4, -0.2) is 54.9 Å². The largest absolute Gasteiger partial charge is 0.435 e. The predicted octanol–water partition coefficient (Wildman–Crippen LogP) is 8.49. The Labute approximate surface area is 287 Å². The summed E-state index contributed by atoms with van der Waals surface area (Å²) in [5, 5.41) is 2.60. The fraction of sp³-hybridized carbons (Fsp3) is 0.714. The number of benzene rings is 1. The summed E-state index contributed by atoms with van der Waals surface area (Å²) < 4.78 is 33.3.